The lowest BCUT2D eigenvalue weighted by Gasteiger charge is -2.31. The summed E-state index contributed by atoms with van der Waals surface area (Å²) in [5.41, 5.74) is -0.455. The summed E-state index contributed by atoms with van der Waals surface area (Å²) in [6.45, 7) is 0.674. The van der Waals surface area contributed by atoms with Gasteiger partial charge in [0.1, 0.15) is 22.6 Å². The summed E-state index contributed by atoms with van der Waals surface area (Å²) in [5, 5.41) is 0. The van der Waals surface area contributed by atoms with Crippen molar-refractivity contribution in [3.63, 3.8) is 0 Å². The number of hydrogen-bond acceptors (Lipinski definition) is 3. The number of alkyl halides is 3. The number of halogens is 5. The van der Waals surface area contributed by atoms with Crippen LogP contribution in [0.4, 0.5) is 22.0 Å². The smallest absolute Gasteiger partial charge is 0.260 e. The van der Waals surface area contributed by atoms with Crippen LogP contribution in [0.15, 0.2) is 47.6 Å². The molecule has 0 aliphatic rings. The first-order chi connectivity index (χ1) is 11.6. The molecule has 0 unspecified atom stereocenters. The van der Waals surface area contributed by atoms with Crippen molar-refractivity contribution in [1.82, 2.24) is 9.29 Å². The zero-order valence-corrected chi connectivity index (χ0v) is 13.7. The molecule has 0 bridgehead atoms. The second kappa shape index (κ2) is 7.04. The topological polar surface area (TPSA) is 50.3 Å². The third-order valence-electron chi connectivity index (χ3n) is 3.38. The van der Waals surface area contributed by atoms with Crippen molar-refractivity contribution in [2.24, 2.45) is 0 Å². The van der Waals surface area contributed by atoms with Gasteiger partial charge in [-0.3, -0.25) is 4.98 Å². The first kappa shape index (κ1) is 19.3. The number of aromatic nitrogens is 1. The van der Waals surface area contributed by atoms with Gasteiger partial charge in [-0.05, 0) is 23.8 Å². The Morgan fingerprint density at radius 1 is 1.08 bits per heavy atom. The molecule has 1 heterocycles. The van der Waals surface area contributed by atoms with E-state index in [1.54, 1.807) is 0 Å². The van der Waals surface area contributed by atoms with Crippen molar-refractivity contribution in [2.75, 3.05) is 6.54 Å². The van der Waals surface area contributed by atoms with Gasteiger partial charge in [0.05, 0.1) is 6.20 Å². The Balaban J connectivity index is 2.59. The summed E-state index contributed by atoms with van der Waals surface area (Å²) in [6.07, 6.45) is -3.47. The molecule has 0 N–H and O–H groups in total. The SMILES string of the molecule is CCN([C@H](c1ccc(F)cc1)C(F)(F)F)S(=O)(=O)c1cncc(F)c1. The summed E-state index contributed by atoms with van der Waals surface area (Å²) in [6, 6.07) is 1.36. The Bertz CT molecular complexity index is 838. The lowest BCUT2D eigenvalue weighted by Crippen LogP contribution is -2.42. The van der Waals surface area contributed by atoms with E-state index in [0.717, 1.165) is 36.7 Å². The molecule has 0 saturated heterocycles. The second-order valence-corrected chi connectivity index (χ2v) is 6.93. The molecule has 2 rings (SSSR count). The summed E-state index contributed by atoms with van der Waals surface area (Å²) in [5.74, 6) is -1.76. The van der Waals surface area contributed by atoms with E-state index in [1.165, 1.54) is 6.92 Å². The van der Waals surface area contributed by atoms with Crippen LogP contribution in [0.5, 0.6) is 0 Å². The maximum atomic E-state index is 13.6. The summed E-state index contributed by atoms with van der Waals surface area (Å²) < 4.78 is 92.4. The fraction of sp³-hybridized carbons (Fsp3) is 0.267. The Kier molecular flexibility index (Phi) is 5.43. The third kappa shape index (κ3) is 4.13. The Labute approximate surface area is 141 Å². The van der Waals surface area contributed by atoms with E-state index in [1.807, 2.05) is 0 Å². The van der Waals surface area contributed by atoms with Crippen LogP contribution >= 0.6 is 0 Å². The molecule has 4 nitrogen and oxygen atoms in total. The molecule has 136 valence electrons. The van der Waals surface area contributed by atoms with Crippen molar-refractivity contribution < 1.29 is 30.4 Å². The van der Waals surface area contributed by atoms with Gasteiger partial charge in [0, 0.05) is 12.7 Å². The molecular weight excluding hydrogens is 367 g/mol. The van der Waals surface area contributed by atoms with E-state index in [9.17, 15) is 30.4 Å². The molecular formula is C15H13F5N2O2S. The van der Waals surface area contributed by atoms with Gasteiger partial charge in [0.2, 0.25) is 10.0 Å². The fourth-order valence-corrected chi connectivity index (χ4v) is 3.91. The number of pyridine rings is 1. The van der Waals surface area contributed by atoms with Crippen LogP contribution in [0.25, 0.3) is 0 Å². The van der Waals surface area contributed by atoms with Crippen molar-refractivity contribution >= 4 is 10.0 Å². The number of benzene rings is 1. The number of sulfonamides is 1. The molecule has 1 atom stereocenters. The normalized spacial score (nSPS) is 13.9. The maximum absolute atomic E-state index is 13.6. The Hall–Kier alpha value is -2.07. The van der Waals surface area contributed by atoms with Crippen LogP contribution in [0, 0.1) is 11.6 Å². The molecule has 0 amide bonds. The lowest BCUT2D eigenvalue weighted by molar-refractivity contribution is -0.173. The van der Waals surface area contributed by atoms with Gasteiger partial charge in [-0.1, -0.05) is 19.1 Å². The van der Waals surface area contributed by atoms with Crippen molar-refractivity contribution in [3.05, 3.63) is 59.9 Å². The van der Waals surface area contributed by atoms with E-state index < -0.39 is 50.9 Å². The van der Waals surface area contributed by atoms with Crippen LogP contribution in [-0.2, 0) is 10.0 Å². The first-order valence-corrected chi connectivity index (χ1v) is 8.46. The number of nitrogens with zero attached hydrogens (tertiary/aromatic N) is 2. The molecule has 0 aliphatic carbocycles. The van der Waals surface area contributed by atoms with Crippen LogP contribution in [0.2, 0.25) is 0 Å². The third-order valence-corrected chi connectivity index (χ3v) is 5.29. The van der Waals surface area contributed by atoms with Crippen LogP contribution in [0.1, 0.15) is 18.5 Å². The van der Waals surface area contributed by atoms with Crippen molar-refractivity contribution in [1.29, 1.82) is 0 Å². The monoisotopic (exact) mass is 380 g/mol. The van der Waals surface area contributed by atoms with E-state index in [2.05, 4.69) is 4.98 Å². The fourth-order valence-electron chi connectivity index (χ4n) is 2.32. The zero-order valence-electron chi connectivity index (χ0n) is 12.8. The van der Waals surface area contributed by atoms with E-state index in [4.69, 9.17) is 0 Å². The van der Waals surface area contributed by atoms with E-state index >= 15 is 0 Å². The van der Waals surface area contributed by atoms with Gasteiger partial charge in [0.15, 0.2) is 0 Å². The van der Waals surface area contributed by atoms with Crippen LogP contribution in [-0.4, -0.2) is 30.4 Å². The average Bonchev–Trinajstić information content (AvgIpc) is 2.52. The highest BCUT2D eigenvalue weighted by Crippen LogP contribution is 2.40. The molecule has 2 aromatic rings. The molecule has 0 spiro atoms. The van der Waals surface area contributed by atoms with Crippen LogP contribution < -0.4 is 0 Å². The molecule has 1 aromatic carbocycles. The van der Waals surface area contributed by atoms with Gasteiger partial charge in [0.25, 0.3) is 0 Å². The second-order valence-electron chi connectivity index (χ2n) is 5.04. The highest BCUT2D eigenvalue weighted by atomic mass is 32.2. The maximum Gasteiger partial charge on any atom is 0.409 e. The number of rotatable bonds is 5. The lowest BCUT2D eigenvalue weighted by atomic mass is 10.1. The summed E-state index contributed by atoms with van der Waals surface area (Å²) >= 11 is 0. The predicted molar refractivity (Wildman–Crippen MR) is 79.0 cm³/mol. The minimum atomic E-state index is -4.97. The van der Waals surface area contributed by atoms with E-state index in [-0.39, 0.29) is 4.31 Å². The molecule has 0 fully saturated rings. The molecule has 0 radical (unpaired) electrons. The van der Waals surface area contributed by atoms with Crippen molar-refractivity contribution in [3.8, 4) is 0 Å². The molecule has 10 heteroatoms. The van der Waals surface area contributed by atoms with Gasteiger partial charge >= 0.3 is 6.18 Å². The molecule has 0 saturated carbocycles. The zero-order chi connectivity index (χ0) is 18.8. The average molecular weight is 380 g/mol. The highest BCUT2D eigenvalue weighted by molar-refractivity contribution is 7.89. The first-order valence-electron chi connectivity index (χ1n) is 7.02. The minimum Gasteiger partial charge on any atom is -0.260 e. The van der Waals surface area contributed by atoms with Crippen molar-refractivity contribution in [2.45, 2.75) is 24.0 Å². The van der Waals surface area contributed by atoms with Crippen LogP contribution in [0.3, 0.4) is 0 Å². The standard InChI is InChI=1S/C15H13F5N2O2S/c1-2-22(25(23,24)13-7-12(17)8-21-9-13)14(15(18,19)20)10-3-5-11(16)6-4-10/h3-9,14H,2H2,1H3/t14-/m1/s1. The summed E-state index contributed by atoms with van der Waals surface area (Å²) in [4.78, 5) is 2.66. The van der Waals surface area contributed by atoms with Gasteiger partial charge in [-0.25, -0.2) is 17.2 Å². The quantitative estimate of drug-likeness (QED) is 0.744. The van der Waals surface area contributed by atoms with Gasteiger partial charge in [-0.2, -0.15) is 17.5 Å². The van der Waals surface area contributed by atoms with Gasteiger partial charge in [-0.15, -0.1) is 0 Å². The Morgan fingerprint density at radius 3 is 2.16 bits per heavy atom. The molecule has 0 aliphatic heterocycles. The minimum absolute atomic E-state index is 0.177. The molecule has 1 aromatic heterocycles. The van der Waals surface area contributed by atoms with E-state index in [0.29, 0.717) is 6.07 Å². The highest BCUT2D eigenvalue weighted by Gasteiger charge is 2.48. The number of hydrogen-bond donors (Lipinski definition) is 0. The molecule has 25 heavy (non-hydrogen) atoms. The summed E-state index contributed by atoms with van der Waals surface area (Å²) in [7, 11) is -4.70. The largest absolute Gasteiger partial charge is 0.409 e. The predicted octanol–water partition coefficient (Wildman–Crippen LogP) is 3.67. The Morgan fingerprint density at radius 2 is 1.68 bits per heavy atom. The van der Waals surface area contributed by atoms with Gasteiger partial charge < -0.3 is 0 Å².